The maximum absolute atomic E-state index is 5.76. The molecule has 1 aromatic carbocycles. The Bertz CT molecular complexity index is 555. The van der Waals surface area contributed by atoms with Crippen molar-refractivity contribution in [1.82, 2.24) is 4.98 Å². The highest BCUT2D eigenvalue weighted by Crippen LogP contribution is 2.30. The molecule has 1 aromatic heterocycles. The number of ether oxygens (including phenoxy) is 1. The zero-order chi connectivity index (χ0) is 13.1. The number of thiazole rings is 1. The summed E-state index contributed by atoms with van der Waals surface area (Å²) in [7, 11) is 0. The molecule has 2 aromatic rings. The number of hydrogen-bond donors (Lipinski definition) is 1. The molecule has 0 saturated carbocycles. The van der Waals surface area contributed by atoms with E-state index in [0.29, 0.717) is 5.13 Å². The lowest BCUT2D eigenvalue weighted by atomic mass is 10.2. The lowest BCUT2D eigenvalue weighted by Crippen LogP contribution is -2.26. The van der Waals surface area contributed by atoms with Crippen molar-refractivity contribution in [2.24, 2.45) is 0 Å². The summed E-state index contributed by atoms with van der Waals surface area (Å²) < 4.78 is 5.76. The van der Waals surface area contributed by atoms with Crippen molar-refractivity contribution < 1.29 is 4.74 Å². The first-order chi connectivity index (χ1) is 9.33. The SMILES string of the molecule is Nc1nc(CCN2CCCOc3ccccc32)cs1. The van der Waals surface area contributed by atoms with Crippen molar-refractivity contribution in [2.45, 2.75) is 12.8 Å². The summed E-state index contributed by atoms with van der Waals surface area (Å²) >= 11 is 1.50. The Morgan fingerprint density at radius 1 is 1.37 bits per heavy atom. The van der Waals surface area contributed by atoms with E-state index < -0.39 is 0 Å². The van der Waals surface area contributed by atoms with Gasteiger partial charge in [0, 0.05) is 24.9 Å². The summed E-state index contributed by atoms with van der Waals surface area (Å²) in [4.78, 5) is 6.69. The van der Waals surface area contributed by atoms with Crippen LogP contribution in [0.1, 0.15) is 12.1 Å². The second-order valence-electron chi connectivity index (χ2n) is 4.58. The minimum atomic E-state index is 0.648. The minimum Gasteiger partial charge on any atom is -0.491 e. The number of para-hydroxylation sites is 2. The Hall–Kier alpha value is -1.75. The van der Waals surface area contributed by atoms with Gasteiger partial charge in [-0.15, -0.1) is 11.3 Å². The van der Waals surface area contributed by atoms with Gasteiger partial charge in [-0.2, -0.15) is 0 Å². The van der Waals surface area contributed by atoms with Gasteiger partial charge in [0.25, 0.3) is 0 Å². The number of fused-ring (bicyclic) bond motifs is 1. The lowest BCUT2D eigenvalue weighted by Gasteiger charge is -2.23. The molecule has 4 nitrogen and oxygen atoms in total. The highest BCUT2D eigenvalue weighted by atomic mass is 32.1. The monoisotopic (exact) mass is 275 g/mol. The highest BCUT2D eigenvalue weighted by Gasteiger charge is 2.15. The molecule has 2 heterocycles. The van der Waals surface area contributed by atoms with Crippen LogP contribution in [0.5, 0.6) is 5.75 Å². The van der Waals surface area contributed by atoms with Gasteiger partial charge in [0.05, 0.1) is 18.0 Å². The predicted octanol–water partition coefficient (Wildman–Crippen LogP) is 2.56. The number of rotatable bonds is 3. The fourth-order valence-corrected chi connectivity index (χ4v) is 2.91. The number of anilines is 2. The Morgan fingerprint density at radius 2 is 2.26 bits per heavy atom. The van der Waals surface area contributed by atoms with Crippen LogP contribution in [-0.2, 0) is 6.42 Å². The smallest absolute Gasteiger partial charge is 0.180 e. The Morgan fingerprint density at radius 3 is 3.11 bits per heavy atom. The summed E-state index contributed by atoms with van der Waals surface area (Å²) in [6, 6.07) is 8.23. The van der Waals surface area contributed by atoms with Crippen LogP contribution in [0.2, 0.25) is 0 Å². The topological polar surface area (TPSA) is 51.4 Å². The zero-order valence-corrected chi connectivity index (χ0v) is 11.5. The second kappa shape index (κ2) is 5.48. The van der Waals surface area contributed by atoms with Crippen molar-refractivity contribution in [2.75, 3.05) is 30.3 Å². The molecule has 0 unspecified atom stereocenters. The van der Waals surface area contributed by atoms with Crippen LogP contribution in [0.4, 0.5) is 10.8 Å². The van der Waals surface area contributed by atoms with Crippen LogP contribution in [0.3, 0.4) is 0 Å². The second-order valence-corrected chi connectivity index (χ2v) is 5.47. The van der Waals surface area contributed by atoms with Gasteiger partial charge in [0.15, 0.2) is 5.13 Å². The van der Waals surface area contributed by atoms with Crippen LogP contribution in [0.15, 0.2) is 29.6 Å². The standard InChI is InChI=1S/C14H17N3OS/c15-14-16-11(10-19-14)6-8-17-7-3-9-18-13-5-2-1-4-12(13)17/h1-2,4-5,10H,3,6-9H2,(H2,15,16). The van der Waals surface area contributed by atoms with Gasteiger partial charge >= 0.3 is 0 Å². The molecule has 19 heavy (non-hydrogen) atoms. The summed E-state index contributed by atoms with van der Waals surface area (Å²) in [5, 5.41) is 2.69. The molecule has 1 aliphatic rings. The van der Waals surface area contributed by atoms with Crippen molar-refractivity contribution >= 4 is 22.2 Å². The van der Waals surface area contributed by atoms with E-state index in [1.807, 2.05) is 17.5 Å². The maximum Gasteiger partial charge on any atom is 0.180 e. The number of nitrogens with zero attached hydrogens (tertiary/aromatic N) is 2. The molecule has 2 N–H and O–H groups in total. The molecular weight excluding hydrogens is 258 g/mol. The van der Waals surface area contributed by atoms with Gasteiger partial charge in [0.1, 0.15) is 5.75 Å². The quantitative estimate of drug-likeness (QED) is 0.935. The molecular formula is C14H17N3OS. The molecule has 0 amide bonds. The van der Waals surface area contributed by atoms with E-state index >= 15 is 0 Å². The van der Waals surface area contributed by atoms with Crippen molar-refractivity contribution in [3.8, 4) is 5.75 Å². The molecule has 1 aliphatic heterocycles. The fourth-order valence-electron chi connectivity index (χ4n) is 2.32. The van der Waals surface area contributed by atoms with Gasteiger partial charge in [-0.25, -0.2) is 4.98 Å². The summed E-state index contributed by atoms with van der Waals surface area (Å²) in [6.07, 6.45) is 1.97. The van der Waals surface area contributed by atoms with Crippen molar-refractivity contribution in [1.29, 1.82) is 0 Å². The third-order valence-corrected chi connectivity index (χ3v) is 3.97. The average molecular weight is 275 g/mol. The molecule has 0 radical (unpaired) electrons. The largest absolute Gasteiger partial charge is 0.491 e. The first-order valence-corrected chi connectivity index (χ1v) is 7.37. The number of nitrogens with two attached hydrogens (primary N) is 1. The number of benzene rings is 1. The van der Waals surface area contributed by atoms with E-state index in [2.05, 4.69) is 22.0 Å². The van der Waals surface area contributed by atoms with E-state index in [4.69, 9.17) is 10.5 Å². The maximum atomic E-state index is 5.76. The van der Waals surface area contributed by atoms with E-state index in [9.17, 15) is 0 Å². The molecule has 0 bridgehead atoms. The molecule has 5 heteroatoms. The number of hydrogen-bond acceptors (Lipinski definition) is 5. The van der Waals surface area contributed by atoms with Gasteiger partial charge < -0.3 is 15.4 Å². The number of nitrogen functional groups attached to an aromatic ring is 1. The Labute approximate surface area is 116 Å². The average Bonchev–Trinajstić information content (AvgIpc) is 2.73. The molecule has 100 valence electrons. The van der Waals surface area contributed by atoms with Crippen LogP contribution in [-0.4, -0.2) is 24.7 Å². The predicted molar refractivity (Wildman–Crippen MR) is 79.0 cm³/mol. The molecule has 0 fully saturated rings. The van der Waals surface area contributed by atoms with Gasteiger partial charge in [-0.3, -0.25) is 0 Å². The molecule has 0 atom stereocenters. The van der Waals surface area contributed by atoms with Gasteiger partial charge in [-0.1, -0.05) is 12.1 Å². The highest BCUT2D eigenvalue weighted by molar-refractivity contribution is 7.13. The zero-order valence-electron chi connectivity index (χ0n) is 10.7. The molecule has 3 rings (SSSR count). The van der Waals surface area contributed by atoms with Crippen molar-refractivity contribution in [3.05, 3.63) is 35.3 Å². The Kier molecular flexibility index (Phi) is 3.55. The fraction of sp³-hybridized carbons (Fsp3) is 0.357. The third-order valence-electron chi connectivity index (χ3n) is 3.24. The summed E-state index contributed by atoms with van der Waals surface area (Å²) in [5.41, 5.74) is 7.92. The van der Waals surface area contributed by atoms with Crippen LogP contribution in [0, 0.1) is 0 Å². The third kappa shape index (κ3) is 2.81. The Balaban J connectivity index is 1.73. The van der Waals surface area contributed by atoms with E-state index in [1.54, 1.807) is 0 Å². The van der Waals surface area contributed by atoms with E-state index in [-0.39, 0.29) is 0 Å². The van der Waals surface area contributed by atoms with Gasteiger partial charge in [-0.05, 0) is 18.6 Å². The minimum absolute atomic E-state index is 0.648. The first-order valence-electron chi connectivity index (χ1n) is 6.49. The van der Waals surface area contributed by atoms with Crippen molar-refractivity contribution in [3.63, 3.8) is 0 Å². The van der Waals surface area contributed by atoms with Crippen LogP contribution >= 0.6 is 11.3 Å². The summed E-state index contributed by atoms with van der Waals surface area (Å²) in [5.74, 6) is 0.984. The van der Waals surface area contributed by atoms with E-state index in [0.717, 1.165) is 44.0 Å². The van der Waals surface area contributed by atoms with Gasteiger partial charge in [0.2, 0.25) is 0 Å². The molecule has 0 aliphatic carbocycles. The number of aromatic nitrogens is 1. The lowest BCUT2D eigenvalue weighted by molar-refractivity contribution is 0.322. The normalized spacial score (nSPS) is 14.6. The van der Waals surface area contributed by atoms with E-state index in [1.165, 1.54) is 17.0 Å². The molecule has 0 saturated heterocycles. The summed E-state index contributed by atoms with van der Waals surface area (Å²) in [6.45, 7) is 2.76. The first kappa shape index (κ1) is 12.3. The molecule has 0 spiro atoms. The van der Waals surface area contributed by atoms with Crippen LogP contribution in [0.25, 0.3) is 0 Å². The van der Waals surface area contributed by atoms with Crippen LogP contribution < -0.4 is 15.4 Å².